The number of nitrogens with zero attached hydrogens (tertiary/aromatic N) is 1. The Bertz CT molecular complexity index is 510. The van der Waals surface area contributed by atoms with Crippen LogP contribution in [0.5, 0.6) is 5.75 Å². The van der Waals surface area contributed by atoms with Crippen molar-refractivity contribution >= 4 is 5.91 Å². The average Bonchev–Trinajstić information content (AvgIpc) is 2.98. The van der Waals surface area contributed by atoms with Gasteiger partial charge in [0.15, 0.2) is 0 Å². The number of hydrogen-bond acceptors (Lipinski definition) is 3. The highest BCUT2D eigenvalue weighted by atomic mass is 19.4. The maximum Gasteiger partial charge on any atom is 0.573 e. The quantitative estimate of drug-likeness (QED) is 0.804. The lowest BCUT2D eigenvalue weighted by Crippen LogP contribution is -2.36. The molecule has 1 aromatic carbocycles. The fourth-order valence-electron chi connectivity index (χ4n) is 2.54. The van der Waals surface area contributed by atoms with Gasteiger partial charge in [0, 0.05) is 25.6 Å². The van der Waals surface area contributed by atoms with Gasteiger partial charge in [-0.05, 0) is 31.0 Å². The molecular weight excluding hydrogens is 311 g/mol. The molecule has 0 unspecified atom stereocenters. The third-order valence-corrected chi connectivity index (χ3v) is 3.75. The number of hydrogen-bond donors (Lipinski definition) is 0. The largest absolute Gasteiger partial charge is 0.573 e. The summed E-state index contributed by atoms with van der Waals surface area (Å²) in [7, 11) is 0. The minimum atomic E-state index is -4.71. The van der Waals surface area contributed by atoms with Crippen molar-refractivity contribution < 1.29 is 27.4 Å². The standard InChI is InChI=1S/C16H20F3NO3/c1-2-20(10-13-7-8-22-11-13)15(21)9-12-3-5-14(6-4-12)23-16(17,18)19/h3-6,13H,2,7-11H2,1H3/t13-/m1/s1. The van der Waals surface area contributed by atoms with Gasteiger partial charge >= 0.3 is 6.36 Å². The molecule has 0 aromatic heterocycles. The minimum Gasteiger partial charge on any atom is -0.406 e. The van der Waals surface area contributed by atoms with Crippen LogP contribution in [0.1, 0.15) is 18.9 Å². The van der Waals surface area contributed by atoms with Crippen molar-refractivity contribution in [2.24, 2.45) is 5.92 Å². The third-order valence-electron chi connectivity index (χ3n) is 3.75. The predicted octanol–water partition coefficient (Wildman–Crippen LogP) is 3.01. The van der Waals surface area contributed by atoms with Crippen molar-refractivity contribution in [3.05, 3.63) is 29.8 Å². The van der Waals surface area contributed by atoms with E-state index in [9.17, 15) is 18.0 Å². The predicted molar refractivity (Wildman–Crippen MR) is 78.0 cm³/mol. The van der Waals surface area contributed by atoms with Crippen molar-refractivity contribution in [1.82, 2.24) is 4.90 Å². The molecule has 1 aliphatic rings. The van der Waals surface area contributed by atoms with Crippen LogP contribution in [0.2, 0.25) is 0 Å². The zero-order valence-electron chi connectivity index (χ0n) is 12.9. The van der Waals surface area contributed by atoms with Gasteiger partial charge < -0.3 is 14.4 Å². The van der Waals surface area contributed by atoms with Crippen molar-refractivity contribution in [3.63, 3.8) is 0 Å². The maximum atomic E-state index is 12.3. The molecule has 2 rings (SSSR count). The summed E-state index contributed by atoms with van der Waals surface area (Å²) in [4.78, 5) is 14.1. The van der Waals surface area contributed by atoms with Crippen LogP contribution >= 0.6 is 0 Å². The van der Waals surface area contributed by atoms with Gasteiger partial charge in [-0.1, -0.05) is 12.1 Å². The van der Waals surface area contributed by atoms with Crippen molar-refractivity contribution in [2.45, 2.75) is 26.1 Å². The highest BCUT2D eigenvalue weighted by Gasteiger charge is 2.31. The van der Waals surface area contributed by atoms with E-state index in [0.717, 1.165) is 13.0 Å². The number of alkyl halides is 3. The van der Waals surface area contributed by atoms with E-state index in [4.69, 9.17) is 4.74 Å². The highest BCUT2D eigenvalue weighted by Crippen LogP contribution is 2.23. The Morgan fingerprint density at radius 2 is 2.04 bits per heavy atom. The van der Waals surface area contributed by atoms with E-state index in [2.05, 4.69) is 4.74 Å². The van der Waals surface area contributed by atoms with Gasteiger partial charge in [0.2, 0.25) is 5.91 Å². The van der Waals surface area contributed by atoms with Crippen molar-refractivity contribution in [3.8, 4) is 5.75 Å². The summed E-state index contributed by atoms with van der Waals surface area (Å²) in [5, 5.41) is 0. The Morgan fingerprint density at radius 3 is 2.57 bits per heavy atom. The number of carbonyl (C=O) groups excluding carboxylic acids is 1. The summed E-state index contributed by atoms with van der Waals surface area (Å²) in [5.74, 6) is 0.0366. The molecule has 1 amide bonds. The van der Waals surface area contributed by atoms with Gasteiger partial charge in [-0.3, -0.25) is 4.79 Å². The summed E-state index contributed by atoms with van der Waals surface area (Å²) in [6, 6.07) is 5.39. The average molecular weight is 331 g/mol. The van der Waals surface area contributed by atoms with Gasteiger partial charge in [0.05, 0.1) is 13.0 Å². The van der Waals surface area contributed by atoms with Crippen LogP contribution in [-0.4, -0.2) is 43.5 Å². The van der Waals surface area contributed by atoms with Crippen LogP contribution in [0.4, 0.5) is 13.2 Å². The van der Waals surface area contributed by atoms with Crippen molar-refractivity contribution in [1.29, 1.82) is 0 Å². The van der Waals surface area contributed by atoms with Crippen LogP contribution in [0.3, 0.4) is 0 Å². The lowest BCUT2D eigenvalue weighted by molar-refractivity contribution is -0.274. The molecule has 0 N–H and O–H groups in total. The van der Waals surface area contributed by atoms with Crippen LogP contribution < -0.4 is 4.74 Å². The molecule has 0 saturated carbocycles. The number of benzene rings is 1. The van der Waals surface area contributed by atoms with E-state index in [1.165, 1.54) is 24.3 Å². The molecule has 0 aliphatic carbocycles. The molecule has 1 heterocycles. The van der Waals surface area contributed by atoms with E-state index in [1.54, 1.807) is 4.90 Å². The second kappa shape index (κ2) is 7.68. The van der Waals surface area contributed by atoms with Crippen molar-refractivity contribution in [2.75, 3.05) is 26.3 Å². The lowest BCUT2D eigenvalue weighted by atomic mass is 10.1. The lowest BCUT2D eigenvalue weighted by Gasteiger charge is -2.24. The van der Waals surface area contributed by atoms with Gasteiger partial charge in [0.1, 0.15) is 5.75 Å². The van der Waals surface area contributed by atoms with E-state index < -0.39 is 6.36 Å². The normalized spacial score (nSPS) is 18.0. The first kappa shape index (κ1) is 17.6. The number of amides is 1. The van der Waals surface area contributed by atoms with E-state index in [-0.39, 0.29) is 18.1 Å². The molecule has 1 aromatic rings. The minimum absolute atomic E-state index is 0.0381. The Morgan fingerprint density at radius 1 is 1.35 bits per heavy atom. The maximum absolute atomic E-state index is 12.3. The Hall–Kier alpha value is -1.76. The molecule has 0 radical (unpaired) electrons. The SMILES string of the molecule is CCN(C[C@H]1CCOC1)C(=O)Cc1ccc(OC(F)(F)F)cc1. The van der Waals surface area contributed by atoms with Gasteiger partial charge in [-0.15, -0.1) is 13.2 Å². The second-order valence-corrected chi connectivity index (χ2v) is 5.53. The van der Waals surface area contributed by atoms with E-state index in [1.807, 2.05) is 6.92 Å². The van der Waals surface area contributed by atoms with Crippen LogP contribution in [0.15, 0.2) is 24.3 Å². The molecule has 7 heteroatoms. The molecule has 23 heavy (non-hydrogen) atoms. The molecule has 0 bridgehead atoms. The number of ether oxygens (including phenoxy) is 2. The summed E-state index contributed by atoms with van der Waals surface area (Å²) in [5.41, 5.74) is 0.658. The zero-order valence-corrected chi connectivity index (χ0v) is 12.9. The number of carbonyl (C=O) groups is 1. The fourth-order valence-corrected chi connectivity index (χ4v) is 2.54. The molecule has 4 nitrogen and oxygen atoms in total. The first-order valence-electron chi connectivity index (χ1n) is 7.57. The first-order chi connectivity index (χ1) is 10.9. The van der Waals surface area contributed by atoms with E-state index in [0.29, 0.717) is 31.2 Å². The number of rotatable bonds is 6. The molecule has 1 saturated heterocycles. The molecule has 1 atom stereocenters. The van der Waals surface area contributed by atoms with Gasteiger partial charge in [0.25, 0.3) is 0 Å². The zero-order chi connectivity index (χ0) is 16.9. The summed E-state index contributed by atoms with van der Waals surface area (Å²) < 4.78 is 45.4. The third kappa shape index (κ3) is 5.74. The highest BCUT2D eigenvalue weighted by molar-refractivity contribution is 5.78. The Labute approximate surface area is 133 Å². The fraction of sp³-hybridized carbons (Fsp3) is 0.562. The topological polar surface area (TPSA) is 38.8 Å². The molecular formula is C16H20F3NO3. The van der Waals surface area contributed by atoms with Crippen LogP contribution in [-0.2, 0) is 16.0 Å². The number of halogens is 3. The molecule has 128 valence electrons. The monoisotopic (exact) mass is 331 g/mol. The summed E-state index contributed by atoms with van der Waals surface area (Å²) in [6.07, 6.45) is -3.60. The van der Waals surface area contributed by atoms with E-state index >= 15 is 0 Å². The summed E-state index contributed by atoms with van der Waals surface area (Å²) in [6.45, 7) is 4.58. The summed E-state index contributed by atoms with van der Waals surface area (Å²) >= 11 is 0. The number of likely N-dealkylation sites (N-methyl/N-ethyl adjacent to an activating group) is 1. The van der Waals surface area contributed by atoms with Crippen LogP contribution in [0, 0.1) is 5.92 Å². The Kier molecular flexibility index (Phi) is 5.87. The first-order valence-corrected chi connectivity index (χ1v) is 7.57. The van der Waals surface area contributed by atoms with Crippen LogP contribution in [0.25, 0.3) is 0 Å². The van der Waals surface area contributed by atoms with Gasteiger partial charge in [-0.2, -0.15) is 0 Å². The molecule has 0 spiro atoms. The second-order valence-electron chi connectivity index (χ2n) is 5.53. The molecule has 1 aliphatic heterocycles. The smallest absolute Gasteiger partial charge is 0.406 e. The molecule has 1 fully saturated rings. The van der Waals surface area contributed by atoms with Gasteiger partial charge in [-0.25, -0.2) is 0 Å². The Balaban J connectivity index is 1.90.